The van der Waals surface area contributed by atoms with Gasteiger partial charge in [-0.1, -0.05) is 35.1 Å². The van der Waals surface area contributed by atoms with Crippen LogP contribution in [0.3, 0.4) is 0 Å². The van der Waals surface area contributed by atoms with Crippen LogP contribution >= 0.6 is 22.9 Å². The lowest BCUT2D eigenvalue weighted by molar-refractivity contribution is 0.314. The van der Waals surface area contributed by atoms with Crippen molar-refractivity contribution in [1.29, 1.82) is 0 Å². The molecule has 0 aliphatic carbocycles. The summed E-state index contributed by atoms with van der Waals surface area (Å²) in [5.41, 5.74) is 0.373. The van der Waals surface area contributed by atoms with Crippen LogP contribution in [0.4, 0.5) is 8.78 Å². The lowest BCUT2D eigenvalue weighted by Gasteiger charge is -2.30. The van der Waals surface area contributed by atoms with E-state index in [1.54, 1.807) is 18.2 Å². The first-order valence-electron chi connectivity index (χ1n) is 8.90. The van der Waals surface area contributed by atoms with Gasteiger partial charge in [-0.3, -0.25) is 0 Å². The van der Waals surface area contributed by atoms with Crippen LogP contribution < -0.4 is 0 Å². The van der Waals surface area contributed by atoms with Crippen molar-refractivity contribution in [3.8, 4) is 10.6 Å². The minimum atomic E-state index is -3.82. The van der Waals surface area contributed by atoms with Crippen molar-refractivity contribution in [2.45, 2.75) is 23.7 Å². The van der Waals surface area contributed by atoms with Gasteiger partial charge in [0.2, 0.25) is 10.0 Å². The predicted molar refractivity (Wildman–Crippen MR) is 107 cm³/mol. The fourth-order valence-electron chi connectivity index (χ4n) is 3.29. The summed E-state index contributed by atoms with van der Waals surface area (Å²) >= 11 is 7.02. The molecule has 1 saturated heterocycles. The van der Waals surface area contributed by atoms with Crippen LogP contribution in [0.5, 0.6) is 0 Å². The smallest absolute Gasteiger partial charge is 0.207 e. The lowest BCUT2D eigenvalue weighted by Crippen LogP contribution is -2.39. The average molecular weight is 456 g/mol. The highest BCUT2D eigenvalue weighted by molar-refractivity contribution is 7.89. The number of sulfonamides is 1. The number of benzene rings is 2. The van der Waals surface area contributed by atoms with Gasteiger partial charge in [0.15, 0.2) is 5.01 Å². The summed E-state index contributed by atoms with van der Waals surface area (Å²) in [6, 6.07) is 9.70. The summed E-state index contributed by atoms with van der Waals surface area (Å²) in [7, 11) is -3.82. The molecule has 1 aliphatic rings. The first-order chi connectivity index (χ1) is 13.9. The van der Waals surface area contributed by atoms with Crippen LogP contribution in [0.25, 0.3) is 10.6 Å². The van der Waals surface area contributed by atoms with Gasteiger partial charge in [-0.25, -0.2) is 17.2 Å². The third kappa shape index (κ3) is 4.05. The highest BCUT2D eigenvalue weighted by Crippen LogP contribution is 2.35. The number of nitrogens with zero attached hydrogens (tertiary/aromatic N) is 3. The Labute approximate surface area is 176 Å². The quantitative estimate of drug-likeness (QED) is 0.571. The normalized spacial score (nSPS) is 18.1. The second-order valence-electron chi connectivity index (χ2n) is 6.70. The molecular weight excluding hydrogens is 440 g/mol. The third-order valence-electron chi connectivity index (χ3n) is 4.81. The molecule has 3 aromatic rings. The van der Waals surface area contributed by atoms with Crippen molar-refractivity contribution in [3.63, 3.8) is 0 Å². The Hall–Kier alpha value is -1.94. The predicted octanol–water partition coefficient (Wildman–Crippen LogP) is 4.71. The second-order valence-corrected chi connectivity index (χ2v) is 10.1. The van der Waals surface area contributed by atoms with E-state index in [4.69, 9.17) is 11.6 Å². The molecule has 152 valence electrons. The Morgan fingerprint density at radius 3 is 2.66 bits per heavy atom. The minimum absolute atomic E-state index is 0.0474. The van der Waals surface area contributed by atoms with E-state index in [9.17, 15) is 17.2 Å². The SMILES string of the molecule is O=S(=O)(c1ccc(F)c(Cl)c1)N1CCCC(c2nnc(-c3ccccc3F)s2)C1. The van der Waals surface area contributed by atoms with Gasteiger partial charge in [-0.2, -0.15) is 4.31 Å². The van der Waals surface area contributed by atoms with Gasteiger partial charge < -0.3 is 0 Å². The highest BCUT2D eigenvalue weighted by atomic mass is 35.5. The molecule has 0 spiro atoms. The summed E-state index contributed by atoms with van der Waals surface area (Å²) < 4.78 is 54.7. The third-order valence-corrected chi connectivity index (χ3v) is 8.08. The molecule has 2 aromatic carbocycles. The van der Waals surface area contributed by atoms with Gasteiger partial charge in [-0.15, -0.1) is 10.2 Å². The molecule has 2 heterocycles. The Kier molecular flexibility index (Phi) is 5.65. The van der Waals surface area contributed by atoms with E-state index in [1.165, 1.54) is 27.8 Å². The first-order valence-corrected chi connectivity index (χ1v) is 11.5. The lowest BCUT2D eigenvalue weighted by atomic mass is 10.0. The van der Waals surface area contributed by atoms with Crippen molar-refractivity contribution in [1.82, 2.24) is 14.5 Å². The summed E-state index contributed by atoms with van der Waals surface area (Å²) in [6.45, 7) is 0.579. The molecule has 1 aliphatic heterocycles. The molecule has 1 unspecified atom stereocenters. The zero-order valence-corrected chi connectivity index (χ0v) is 17.4. The fourth-order valence-corrected chi connectivity index (χ4v) is 6.08. The summed E-state index contributed by atoms with van der Waals surface area (Å²) in [5, 5.41) is 9.16. The van der Waals surface area contributed by atoms with Gasteiger partial charge in [-0.05, 0) is 43.2 Å². The highest BCUT2D eigenvalue weighted by Gasteiger charge is 2.33. The number of aromatic nitrogens is 2. The van der Waals surface area contributed by atoms with Crippen LogP contribution in [-0.2, 0) is 10.0 Å². The molecule has 29 heavy (non-hydrogen) atoms. The van der Waals surface area contributed by atoms with E-state index in [0.717, 1.165) is 18.6 Å². The van der Waals surface area contributed by atoms with E-state index >= 15 is 0 Å². The standard InChI is InChI=1S/C19H16ClF2N3O2S2/c20-15-10-13(7-8-17(15)22)29(26,27)25-9-3-4-12(11-25)18-23-24-19(28-18)14-5-1-2-6-16(14)21/h1-2,5-8,10,12H,3-4,9,11H2. The largest absolute Gasteiger partial charge is 0.243 e. The molecule has 0 saturated carbocycles. The zero-order valence-electron chi connectivity index (χ0n) is 15.1. The second kappa shape index (κ2) is 8.06. The van der Waals surface area contributed by atoms with Crippen molar-refractivity contribution < 1.29 is 17.2 Å². The zero-order chi connectivity index (χ0) is 20.6. The van der Waals surface area contributed by atoms with E-state index in [1.807, 2.05) is 0 Å². The van der Waals surface area contributed by atoms with Gasteiger partial charge >= 0.3 is 0 Å². The number of rotatable bonds is 4. The van der Waals surface area contributed by atoms with Crippen LogP contribution in [-0.4, -0.2) is 36.0 Å². The van der Waals surface area contributed by atoms with E-state index in [-0.39, 0.29) is 28.2 Å². The molecule has 4 rings (SSSR count). The van der Waals surface area contributed by atoms with E-state index in [0.29, 0.717) is 28.5 Å². The van der Waals surface area contributed by atoms with Crippen LogP contribution in [0, 0.1) is 11.6 Å². The maximum atomic E-state index is 14.0. The monoisotopic (exact) mass is 455 g/mol. The van der Waals surface area contributed by atoms with Gasteiger partial charge in [0.05, 0.1) is 9.92 Å². The number of halogens is 3. The first kappa shape index (κ1) is 20.3. The molecular formula is C19H16ClF2N3O2S2. The Balaban J connectivity index is 1.57. The average Bonchev–Trinajstić information content (AvgIpc) is 3.20. The summed E-state index contributed by atoms with van der Waals surface area (Å²) in [4.78, 5) is -0.0474. The van der Waals surface area contributed by atoms with Crippen LogP contribution in [0.15, 0.2) is 47.4 Å². The van der Waals surface area contributed by atoms with Crippen molar-refractivity contribution in [2.24, 2.45) is 0 Å². The summed E-state index contributed by atoms with van der Waals surface area (Å²) in [5.74, 6) is -1.19. The molecule has 0 N–H and O–H groups in total. The molecule has 0 radical (unpaired) electrons. The van der Waals surface area contributed by atoms with Crippen LogP contribution in [0.1, 0.15) is 23.8 Å². The molecule has 1 aromatic heterocycles. The molecule has 0 amide bonds. The molecule has 1 atom stereocenters. The van der Waals surface area contributed by atoms with Crippen LogP contribution in [0.2, 0.25) is 5.02 Å². The van der Waals surface area contributed by atoms with Gasteiger partial charge in [0.25, 0.3) is 0 Å². The minimum Gasteiger partial charge on any atom is -0.207 e. The Bertz CT molecular complexity index is 1150. The molecule has 5 nitrogen and oxygen atoms in total. The number of hydrogen-bond acceptors (Lipinski definition) is 5. The fraction of sp³-hybridized carbons (Fsp3) is 0.263. The van der Waals surface area contributed by atoms with Gasteiger partial charge in [0.1, 0.15) is 16.6 Å². The van der Waals surface area contributed by atoms with Crippen molar-refractivity contribution in [3.05, 3.63) is 64.1 Å². The molecule has 1 fully saturated rings. The Morgan fingerprint density at radius 1 is 1.10 bits per heavy atom. The Morgan fingerprint density at radius 2 is 1.90 bits per heavy atom. The van der Waals surface area contributed by atoms with Crippen molar-refractivity contribution in [2.75, 3.05) is 13.1 Å². The maximum Gasteiger partial charge on any atom is 0.243 e. The van der Waals surface area contributed by atoms with E-state index in [2.05, 4.69) is 10.2 Å². The number of piperidine rings is 1. The van der Waals surface area contributed by atoms with Crippen molar-refractivity contribution >= 4 is 33.0 Å². The molecule has 10 heteroatoms. The summed E-state index contributed by atoms with van der Waals surface area (Å²) in [6.07, 6.45) is 1.40. The topological polar surface area (TPSA) is 63.2 Å². The van der Waals surface area contributed by atoms with E-state index < -0.39 is 15.8 Å². The maximum absolute atomic E-state index is 14.0. The number of hydrogen-bond donors (Lipinski definition) is 0. The van der Waals surface area contributed by atoms with Gasteiger partial charge in [0, 0.05) is 24.6 Å². The molecule has 0 bridgehead atoms.